The summed E-state index contributed by atoms with van der Waals surface area (Å²) in [6.07, 6.45) is 11.9. The lowest BCUT2D eigenvalue weighted by atomic mass is 9.95. The van der Waals surface area contributed by atoms with Gasteiger partial charge in [0.1, 0.15) is 23.2 Å². The Labute approximate surface area is 149 Å². The molecule has 1 aliphatic carbocycles. The molecular formula is C18H19N7O. The molecule has 132 valence electrons. The first-order valence-electron chi connectivity index (χ1n) is 9.01. The van der Waals surface area contributed by atoms with Crippen molar-refractivity contribution in [3.63, 3.8) is 0 Å². The maximum atomic E-state index is 4.88. The molecule has 3 heterocycles. The van der Waals surface area contributed by atoms with Gasteiger partial charge in [0.15, 0.2) is 5.82 Å². The van der Waals surface area contributed by atoms with E-state index in [4.69, 9.17) is 4.63 Å². The van der Waals surface area contributed by atoms with Crippen molar-refractivity contribution in [1.82, 2.24) is 34.6 Å². The Balaban J connectivity index is 1.50. The van der Waals surface area contributed by atoms with Crippen molar-refractivity contribution >= 4 is 11.0 Å². The van der Waals surface area contributed by atoms with E-state index in [1.807, 2.05) is 30.7 Å². The standard InChI is InChI=1S/C18H19N7O/c1-2-5-13(6-3-1)25-12-20-21-16(25)11-24-10-9-19-18(24)14-7-4-8-15-17(14)23-26-22-15/h4,7-10,12-13H,1-3,5-6,11H2. The number of fused-ring (bicyclic) bond motifs is 1. The van der Waals surface area contributed by atoms with Crippen LogP contribution in [0.5, 0.6) is 0 Å². The third-order valence-electron chi connectivity index (χ3n) is 5.17. The van der Waals surface area contributed by atoms with E-state index in [9.17, 15) is 0 Å². The summed E-state index contributed by atoms with van der Waals surface area (Å²) in [7, 11) is 0. The van der Waals surface area contributed by atoms with Gasteiger partial charge in [-0.3, -0.25) is 0 Å². The molecule has 26 heavy (non-hydrogen) atoms. The Morgan fingerprint density at radius 1 is 1.12 bits per heavy atom. The number of hydrogen-bond acceptors (Lipinski definition) is 6. The fourth-order valence-corrected chi connectivity index (χ4v) is 3.86. The highest BCUT2D eigenvalue weighted by atomic mass is 16.6. The van der Waals surface area contributed by atoms with E-state index in [2.05, 4.69) is 34.6 Å². The van der Waals surface area contributed by atoms with Gasteiger partial charge in [0, 0.05) is 24.0 Å². The second kappa shape index (κ2) is 6.36. The smallest absolute Gasteiger partial charge is 0.153 e. The van der Waals surface area contributed by atoms with Gasteiger partial charge in [0.25, 0.3) is 0 Å². The lowest BCUT2D eigenvalue weighted by Gasteiger charge is -2.24. The first-order valence-corrected chi connectivity index (χ1v) is 9.01. The topological polar surface area (TPSA) is 87.5 Å². The molecule has 0 aliphatic heterocycles. The number of nitrogens with zero attached hydrogens (tertiary/aromatic N) is 7. The van der Waals surface area contributed by atoms with Crippen molar-refractivity contribution < 1.29 is 4.63 Å². The molecule has 0 amide bonds. The molecule has 0 radical (unpaired) electrons. The minimum absolute atomic E-state index is 0.504. The van der Waals surface area contributed by atoms with E-state index < -0.39 is 0 Å². The summed E-state index contributed by atoms with van der Waals surface area (Å²) in [5.74, 6) is 1.78. The van der Waals surface area contributed by atoms with Crippen molar-refractivity contribution in [3.05, 3.63) is 42.7 Å². The van der Waals surface area contributed by atoms with Crippen LogP contribution in [0.25, 0.3) is 22.4 Å². The lowest BCUT2D eigenvalue weighted by Crippen LogP contribution is -2.16. The van der Waals surface area contributed by atoms with Crippen LogP contribution in [0.4, 0.5) is 0 Å². The van der Waals surface area contributed by atoms with Crippen LogP contribution < -0.4 is 0 Å². The van der Waals surface area contributed by atoms with E-state index in [0.717, 1.165) is 22.7 Å². The zero-order chi connectivity index (χ0) is 17.3. The zero-order valence-electron chi connectivity index (χ0n) is 14.3. The number of aromatic nitrogens is 7. The number of imidazole rings is 1. The van der Waals surface area contributed by atoms with Crippen molar-refractivity contribution in [2.24, 2.45) is 0 Å². The Morgan fingerprint density at radius 2 is 2.04 bits per heavy atom. The van der Waals surface area contributed by atoms with Crippen molar-refractivity contribution in [2.45, 2.75) is 44.7 Å². The van der Waals surface area contributed by atoms with Gasteiger partial charge in [-0.25, -0.2) is 9.61 Å². The monoisotopic (exact) mass is 349 g/mol. The molecule has 8 heteroatoms. The van der Waals surface area contributed by atoms with Crippen LogP contribution >= 0.6 is 0 Å². The lowest BCUT2D eigenvalue weighted by molar-refractivity contribution is 0.315. The fraction of sp³-hybridized carbons (Fsp3) is 0.389. The van der Waals surface area contributed by atoms with Crippen LogP contribution in [0.15, 0.2) is 41.5 Å². The highest BCUT2D eigenvalue weighted by molar-refractivity contribution is 5.88. The predicted molar refractivity (Wildman–Crippen MR) is 94.3 cm³/mol. The number of hydrogen-bond donors (Lipinski definition) is 0. The molecular weight excluding hydrogens is 330 g/mol. The van der Waals surface area contributed by atoms with Gasteiger partial charge in [-0.2, -0.15) is 0 Å². The van der Waals surface area contributed by atoms with Crippen LogP contribution in [0.1, 0.15) is 44.0 Å². The van der Waals surface area contributed by atoms with Crippen LogP contribution in [0.2, 0.25) is 0 Å². The Hall–Kier alpha value is -3.03. The van der Waals surface area contributed by atoms with Crippen molar-refractivity contribution in [3.8, 4) is 11.4 Å². The largest absolute Gasteiger partial charge is 0.323 e. The maximum Gasteiger partial charge on any atom is 0.153 e. The highest BCUT2D eigenvalue weighted by Gasteiger charge is 2.20. The Bertz CT molecular complexity index is 1020. The third-order valence-corrected chi connectivity index (χ3v) is 5.17. The van der Waals surface area contributed by atoms with Crippen LogP contribution in [-0.2, 0) is 6.54 Å². The zero-order valence-corrected chi connectivity index (χ0v) is 14.3. The molecule has 1 saturated carbocycles. The van der Waals surface area contributed by atoms with E-state index in [-0.39, 0.29) is 0 Å². The SMILES string of the molecule is c1cc(-c2nccn2Cc2nncn2C2CCCCC2)c2nonc2c1. The highest BCUT2D eigenvalue weighted by Crippen LogP contribution is 2.29. The molecule has 8 nitrogen and oxygen atoms in total. The minimum atomic E-state index is 0.504. The molecule has 1 aliphatic rings. The van der Waals surface area contributed by atoms with Crippen molar-refractivity contribution in [2.75, 3.05) is 0 Å². The third kappa shape index (κ3) is 2.58. The Morgan fingerprint density at radius 3 is 2.96 bits per heavy atom. The van der Waals surface area contributed by atoms with E-state index in [0.29, 0.717) is 18.1 Å². The normalized spacial score (nSPS) is 15.7. The summed E-state index contributed by atoms with van der Waals surface area (Å²) in [4.78, 5) is 4.53. The van der Waals surface area contributed by atoms with E-state index in [1.54, 1.807) is 6.20 Å². The van der Waals surface area contributed by atoms with Gasteiger partial charge >= 0.3 is 0 Å². The second-order valence-electron chi connectivity index (χ2n) is 6.76. The molecule has 0 unspecified atom stereocenters. The quantitative estimate of drug-likeness (QED) is 0.562. The van der Waals surface area contributed by atoms with Gasteiger partial charge in [-0.05, 0) is 35.3 Å². The van der Waals surface area contributed by atoms with Crippen LogP contribution in [0, 0.1) is 0 Å². The predicted octanol–water partition coefficient (Wildman–Crippen LogP) is 3.23. The van der Waals surface area contributed by atoms with Crippen molar-refractivity contribution in [1.29, 1.82) is 0 Å². The van der Waals surface area contributed by atoms with E-state index in [1.165, 1.54) is 32.1 Å². The maximum absolute atomic E-state index is 4.88. The molecule has 0 spiro atoms. The van der Waals surface area contributed by atoms with Gasteiger partial charge in [0.2, 0.25) is 0 Å². The van der Waals surface area contributed by atoms with Gasteiger partial charge in [-0.1, -0.05) is 25.3 Å². The average Bonchev–Trinajstić information content (AvgIpc) is 3.43. The fourth-order valence-electron chi connectivity index (χ4n) is 3.86. The Kier molecular flexibility index (Phi) is 3.73. The summed E-state index contributed by atoms with van der Waals surface area (Å²) in [5.41, 5.74) is 2.34. The summed E-state index contributed by atoms with van der Waals surface area (Å²) in [6, 6.07) is 6.30. The summed E-state index contributed by atoms with van der Waals surface area (Å²) < 4.78 is 9.20. The molecule has 1 aromatic carbocycles. The van der Waals surface area contributed by atoms with Crippen LogP contribution in [0.3, 0.4) is 0 Å². The van der Waals surface area contributed by atoms with Gasteiger partial charge in [-0.15, -0.1) is 10.2 Å². The summed E-state index contributed by atoms with van der Waals surface area (Å²) >= 11 is 0. The molecule has 0 atom stereocenters. The molecule has 0 N–H and O–H groups in total. The molecule has 3 aromatic heterocycles. The molecule has 0 saturated heterocycles. The average molecular weight is 349 g/mol. The van der Waals surface area contributed by atoms with Gasteiger partial charge in [0.05, 0.1) is 6.54 Å². The summed E-state index contributed by atoms with van der Waals surface area (Å²) in [5, 5.41) is 16.5. The first-order chi connectivity index (χ1) is 12.9. The first kappa shape index (κ1) is 15.2. The molecule has 1 fully saturated rings. The van der Waals surface area contributed by atoms with Crippen LogP contribution in [-0.4, -0.2) is 34.6 Å². The van der Waals surface area contributed by atoms with E-state index >= 15 is 0 Å². The second-order valence-corrected chi connectivity index (χ2v) is 6.76. The van der Waals surface area contributed by atoms with Gasteiger partial charge < -0.3 is 9.13 Å². The summed E-state index contributed by atoms with van der Waals surface area (Å²) in [6.45, 7) is 0.619. The number of rotatable bonds is 4. The molecule has 0 bridgehead atoms. The molecule has 5 rings (SSSR count). The minimum Gasteiger partial charge on any atom is -0.323 e. The molecule has 4 aromatic rings. The number of benzene rings is 1.